The van der Waals surface area contributed by atoms with Gasteiger partial charge in [0.05, 0.1) is 6.20 Å². The van der Waals surface area contributed by atoms with E-state index in [2.05, 4.69) is 10.4 Å². The molecule has 0 radical (unpaired) electrons. The van der Waals surface area contributed by atoms with Gasteiger partial charge >= 0.3 is 0 Å². The quantitative estimate of drug-likeness (QED) is 0.862. The molecule has 0 aliphatic rings. The molecule has 0 atom stereocenters. The maximum absolute atomic E-state index is 9.64. The Morgan fingerprint density at radius 2 is 2.25 bits per heavy atom. The number of halogens is 1. The largest absolute Gasteiger partial charge is 0.508 e. The lowest BCUT2D eigenvalue weighted by Crippen LogP contribution is -2.05. The lowest BCUT2D eigenvalue weighted by atomic mass is 10.2. The van der Waals surface area contributed by atoms with Gasteiger partial charge in [-0.1, -0.05) is 17.7 Å². The number of aromatic hydroxyl groups is 1. The molecule has 2 rings (SSSR count). The Bertz CT molecular complexity index is 475. The molecule has 0 bridgehead atoms. The molecular weight excluding hydrogens is 226 g/mol. The van der Waals surface area contributed by atoms with Gasteiger partial charge in [-0.2, -0.15) is 5.10 Å². The summed E-state index contributed by atoms with van der Waals surface area (Å²) < 4.78 is 1.72. The molecule has 1 aromatic heterocycles. The summed E-state index contributed by atoms with van der Waals surface area (Å²) in [5.41, 5.74) is 0.686. The predicted molar refractivity (Wildman–Crippen MR) is 63.7 cm³/mol. The topological polar surface area (TPSA) is 50.1 Å². The van der Waals surface area contributed by atoms with Crippen LogP contribution in [0, 0.1) is 0 Å². The molecule has 1 heterocycles. The minimum Gasteiger partial charge on any atom is -0.508 e. The van der Waals surface area contributed by atoms with E-state index in [9.17, 15) is 5.11 Å². The molecular formula is C11H12ClN3O. The van der Waals surface area contributed by atoms with Crippen LogP contribution in [0.4, 0.5) is 5.82 Å². The number of aryl methyl sites for hydroxylation is 1. The van der Waals surface area contributed by atoms with Gasteiger partial charge in [-0.25, -0.2) is 0 Å². The molecule has 0 fully saturated rings. The van der Waals surface area contributed by atoms with Crippen LogP contribution in [0.25, 0.3) is 0 Å². The number of hydrogen-bond acceptors (Lipinski definition) is 3. The van der Waals surface area contributed by atoms with Crippen molar-refractivity contribution < 1.29 is 5.11 Å². The second kappa shape index (κ2) is 4.45. The van der Waals surface area contributed by atoms with Crippen LogP contribution in [0.2, 0.25) is 5.02 Å². The minimum absolute atomic E-state index is 0.196. The van der Waals surface area contributed by atoms with Crippen molar-refractivity contribution in [2.24, 2.45) is 7.05 Å². The number of rotatable bonds is 3. The van der Waals surface area contributed by atoms with Crippen molar-refractivity contribution in [1.82, 2.24) is 9.78 Å². The van der Waals surface area contributed by atoms with E-state index in [1.165, 1.54) is 0 Å². The Hall–Kier alpha value is -1.68. The van der Waals surface area contributed by atoms with Crippen molar-refractivity contribution in [3.63, 3.8) is 0 Å². The van der Waals surface area contributed by atoms with E-state index < -0.39 is 0 Å². The van der Waals surface area contributed by atoms with Crippen LogP contribution in [0.1, 0.15) is 5.56 Å². The summed E-state index contributed by atoms with van der Waals surface area (Å²) in [4.78, 5) is 0. The van der Waals surface area contributed by atoms with Crippen molar-refractivity contribution in [2.75, 3.05) is 5.32 Å². The second-order valence-electron chi connectivity index (χ2n) is 3.43. The first kappa shape index (κ1) is 10.8. The number of phenols is 1. The fourth-order valence-corrected chi connectivity index (χ4v) is 1.68. The number of aromatic nitrogens is 2. The van der Waals surface area contributed by atoms with Crippen LogP contribution in [0.3, 0.4) is 0 Å². The average Bonchev–Trinajstić information content (AvgIpc) is 2.64. The highest BCUT2D eigenvalue weighted by molar-refractivity contribution is 6.31. The van der Waals surface area contributed by atoms with Gasteiger partial charge < -0.3 is 10.4 Å². The van der Waals surface area contributed by atoms with Crippen molar-refractivity contribution in [3.05, 3.63) is 41.0 Å². The SMILES string of the molecule is Cn1nccc1NCc1c(O)cccc1Cl. The Morgan fingerprint density at radius 3 is 2.88 bits per heavy atom. The number of phenolic OH excluding ortho intramolecular Hbond substituents is 1. The van der Waals surface area contributed by atoms with E-state index in [1.807, 2.05) is 13.1 Å². The minimum atomic E-state index is 0.196. The zero-order chi connectivity index (χ0) is 11.5. The van der Waals surface area contributed by atoms with Gasteiger partial charge in [0.15, 0.2) is 0 Å². The van der Waals surface area contributed by atoms with Gasteiger partial charge in [-0.15, -0.1) is 0 Å². The normalized spacial score (nSPS) is 10.4. The molecule has 0 saturated heterocycles. The number of nitrogens with one attached hydrogen (secondary N) is 1. The number of benzene rings is 1. The van der Waals surface area contributed by atoms with Gasteiger partial charge in [0, 0.05) is 30.2 Å². The van der Waals surface area contributed by atoms with Crippen LogP contribution < -0.4 is 5.32 Å². The molecule has 0 aliphatic heterocycles. The standard InChI is InChI=1S/C11H12ClN3O/c1-15-11(5-6-14-15)13-7-8-9(12)3-2-4-10(8)16/h2-6,13,16H,7H2,1H3. The van der Waals surface area contributed by atoms with E-state index in [-0.39, 0.29) is 5.75 Å². The number of nitrogens with zero attached hydrogens (tertiary/aromatic N) is 2. The fraction of sp³-hybridized carbons (Fsp3) is 0.182. The third kappa shape index (κ3) is 2.12. The second-order valence-corrected chi connectivity index (χ2v) is 3.84. The maximum Gasteiger partial charge on any atom is 0.124 e. The van der Waals surface area contributed by atoms with E-state index >= 15 is 0 Å². The molecule has 0 spiro atoms. The lowest BCUT2D eigenvalue weighted by molar-refractivity contribution is 0.469. The van der Waals surface area contributed by atoms with Crippen LogP contribution in [-0.2, 0) is 13.6 Å². The molecule has 84 valence electrons. The summed E-state index contributed by atoms with van der Waals surface area (Å²) in [7, 11) is 1.84. The summed E-state index contributed by atoms with van der Waals surface area (Å²) in [6, 6.07) is 6.94. The Kier molecular flexibility index (Phi) is 3.01. The van der Waals surface area contributed by atoms with Crippen molar-refractivity contribution in [3.8, 4) is 5.75 Å². The smallest absolute Gasteiger partial charge is 0.124 e. The Labute approximate surface area is 98.5 Å². The van der Waals surface area contributed by atoms with E-state index in [4.69, 9.17) is 11.6 Å². The third-order valence-electron chi connectivity index (χ3n) is 2.36. The monoisotopic (exact) mass is 237 g/mol. The maximum atomic E-state index is 9.64. The molecule has 5 heteroatoms. The fourth-order valence-electron chi connectivity index (χ4n) is 1.45. The van der Waals surface area contributed by atoms with Gasteiger partial charge in [0.25, 0.3) is 0 Å². The lowest BCUT2D eigenvalue weighted by Gasteiger charge is -2.09. The van der Waals surface area contributed by atoms with E-state index in [0.29, 0.717) is 17.1 Å². The highest BCUT2D eigenvalue weighted by atomic mass is 35.5. The van der Waals surface area contributed by atoms with Gasteiger partial charge in [0.2, 0.25) is 0 Å². The summed E-state index contributed by atoms with van der Waals surface area (Å²) in [6.07, 6.45) is 1.70. The van der Waals surface area contributed by atoms with Crippen molar-refractivity contribution in [1.29, 1.82) is 0 Å². The Morgan fingerprint density at radius 1 is 1.44 bits per heavy atom. The summed E-state index contributed by atoms with van der Waals surface area (Å²) in [5.74, 6) is 1.07. The highest BCUT2D eigenvalue weighted by Crippen LogP contribution is 2.25. The van der Waals surface area contributed by atoms with Crippen LogP contribution in [-0.4, -0.2) is 14.9 Å². The number of anilines is 1. The van der Waals surface area contributed by atoms with Crippen LogP contribution in [0.5, 0.6) is 5.75 Å². The highest BCUT2D eigenvalue weighted by Gasteiger charge is 2.06. The predicted octanol–water partition coefficient (Wildman–Crippen LogP) is 2.39. The number of hydrogen-bond donors (Lipinski definition) is 2. The molecule has 0 unspecified atom stereocenters. The molecule has 1 aromatic carbocycles. The van der Waals surface area contributed by atoms with E-state index in [0.717, 1.165) is 5.82 Å². The molecule has 16 heavy (non-hydrogen) atoms. The molecule has 0 aliphatic carbocycles. The van der Waals surface area contributed by atoms with Gasteiger partial charge in [0.1, 0.15) is 11.6 Å². The van der Waals surface area contributed by atoms with Gasteiger partial charge in [-0.05, 0) is 12.1 Å². The average molecular weight is 238 g/mol. The Balaban J connectivity index is 2.14. The first-order chi connectivity index (χ1) is 7.68. The molecule has 2 N–H and O–H groups in total. The first-order valence-electron chi connectivity index (χ1n) is 4.86. The summed E-state index contributed by atoms with van der Waals surface area (Å²) in [6.45, 7) is 0.463. The zero-order valence-corrected chi connectivity index (χ0v) is 9.57. The van der Waals surface area contributed by atoms with Gasteiger partial charge in [-0.3, -0.25) is 4.68 Å². The summed E-state index contributed by atoms with van der Waals surface area (Å²) >= 11 is 5.99. The molecule has 2 aromatic rings. The zero-order valence-electron chi connectivity index (χ0n) is 8.81. The molecule has 4 nitrogen and oxygen atoms in total. The molecule has 0 amide bonds. The van der Waals surface area contributed by atoms with E-state index in [1.54, 1.807) is 29.1 Å². The molecule has 0 saturated carbocycles. The summed E-state index contributed by atoms with van der Waals surface area (Å²) in [5, 5.41) is 17.4. The van der Waals surface area contributed by atoms with Crippen molar-refractivity contribution in [2.45, 2.75) is 6.54 Å². The van der Waals surface area contributed by atoms with Crippen LogP contribution in [0.15, 0.2) is 30.5 Å². The first-order valence-corrected chi connectivity index (χ1v) is 5.24. The third-order valence-corrected chi connectivity index (χ3v) is 2.72. The van der Waals surface area contributed by atoms with Crippen LogP contribution >= 0.6 is 11.6 Å². The van der Waals surface area contributed by atoms with Crippen molar-refractivity contribution >= 4 is 17.4 Å².